The van der Waals surface area contributed by atoms with Gasteiger partial charge < -0.3 is 15.2 Å². The Labute approximate surface area is 157 Å². The lowest BCUT2D eigenvalue weighted by Gasteiger charge is -2.30. The van der Waals surface area contributed by atoms with E-state index in [4.69, 9.17) is 0 Å². The fourth-order valence-corrected chi connectivity index (χ4v) is 3.84. The topological polar surface area (TPSA) is 118 Å². The lowest BCUT2D eigenvalue weighted by atomic mass is 9.90. The van der Waals surface area contributed by atoms with Crippen molar-refractivity contribution < 1.29 is 22.5 Å². The van der Waals surface area contributed by atoms with E-state index >= 15 is 0 Å². The van der Waals surface area contributed by atoms with Gasteiger partial charge in [0.1, 0.15) is 6.26 Å². The van der Waals surface area contributed by atoms with Crippen molar-refractivity contribution >= 4 is 21.7 Å². The SMILES string of the molecule is CS(=O)(=O)c1cccc(C(=O)N[C@@H]2CCC[C@@H](NC(=O)c3ccon3)C2)c1. The number of nitrogens with one attached hydrogen (secondary N) is 2. The van der Waals surface area contributed by atoms with Gasteiger partial charge >= 0.3 is 0 Å². The summed E-state index contributed by atoms with van der Waals surface area (Å²) in [5.41, 5.74) is 0.519. The number of aromatic nitrogens is 1. The highest BCUT2D eigenvalue weighted by Crippen LogP contribution is 2.20. The standard InChI is InChI=1S/C18H21N3O5S/c1-27(24,25)15-7-2-4-12(10-15)17(22)19-13-5-3-6-14(11-13)20-18(23)16-8-9-26-21-16/h2,4,7-10,13-14H,3,5-6,11H2,1H3,(H,19,22)(H,20,23)/t13-,14-/m1/s1. The van der Waals surface area contributed by atoms with E-state index in [9.17, 15) is 18.0 Å². The minimum atomic E-state index is -3.38. The van der Waals surface area contributed by atoms with E-state index in [1.807, 2.05) is 0 Å². The molecule has 1 saturated carbocycles. The fourth-order valence-electron chi connectivity index (χ4n) is 3.18. The van der Waals surface area contributed by atoms with Crippen molar-refractivity contribution in [3.05, 3.63) is 47.9 Å². The van der Waals surface area contributed by atoms with Crippen LogP contribution in [0.4, 0.5) is 0 Å². The number of carbonyl (C=O) groups is 2. The molecule has 2 aromatic rings. The monoisotopic (exact) mass is 391 g/mol. The van der Waals surface area contributed by atoms with Crippen LogP contribution in [0.25, 0.3) is 0 Å². The third kappa shape index (κ3) is 4.94. The van der Waals surface area contributed by atoms with Crippen LogP contribution in [0.3, 0.4) is 0 Å². The fraction of sp³-hybridized carbons (Fsp3) is 0.389. The van der Waals surface area contributed by atoms with Crippen molar-refractivity contribution in [3.63, 3.8) is 0 Å². The molecule has 0 spiro atoms. The van der Waals surface area contributed by atoms with Gasteiger partial charge in [-0.25, -0.2) is 8.42 Å². The highest BCUT2D eigenvalue weighted by atomic mass is 32.2. The van der Waals surface area contributed by atoms with Crippen LogP contribution in [0.15, 0.2) is 46.0 Å². The molecule has 0 unspecified atom stereocenters. The van der Waals surface area contributed by atoms with Gasteiger partial charge in [-0.3, -0.25) is 9.59 Å². The van der Waals surface area contributed by atoms with Gasteiger partial charge in [0.25, 0.3) is 11.8 Å². The van der Waals surface area contributed by atoms with E-state index in [-0.39, 0.29) is 34.5 Å². The van der Waals surface area contributed by atoms with E-state index in [0.717, 1.165) is 25.5 Å². The molecule has 2 N–H and O–H groups in total. The lowest BCUT2D eigenvalue weighted by molar-refractivity contribution is 0.0898. The number of benzene rings is 1. The van der Waals surface area contributed by atoms with Crippen molar-refractivity contribution in [1.29, 1.82) is 0 Å². The van der Waals surface area contributed by atoms with Crippen LogP contribution in [0.2, 0.25) is 0 Å². The second-order valence-electron chi connectivity index (χ2n) is 6.69. The predicted octanol–water partition coefficient (Wildman–Crippen LogP) is 1.55. The third-order valence-electron chi connectivity index (χ3n) is 4.54. The smallest absolute Gasteiger partial charge is 0.273 e. The van der Waals surface area contributed by atoms with Crippen molar-refractivity contribution in [3.8, 4) is 0 Å². The van der Waals surface area contributed by atoms with Crippen molar-refractivity contribution in [2.45, 2.75) is 42.7 Å². The number of amides is 2. The molecular formula is C18H21N3O5S. The van der Waals surface area contributed by atoms with Gasteiger partial charge in [0.05, 0.1) is 4.90 Å². The first-order chi connectivity index (χ1) is 12.8. The van der Waals surface area contributed by atoms with E-state index in [2.05, 4.69) is 20.3 Å². The minimum absolute atomic E-state index is 0.0735. The van der Waals surface area contributed by atoms with Gasteiger partial charge in [0, 0.05) is 30.0 Å². The first-order valence-electron chi connectivity index (χ1n) is 8.65. The van der Waals surface area contributed by atoms with Crippen LogP contribution in [0.1, 0.15) is 46.5 Å². The summed E-state index contributed by atoms with van der Waals surface area (Å²) >= 11 is 0. The van der Waals surface area contributed by atoms with E-state index in [1.165, 1.54) is 24.5 Å². The summed E-state index contributed by atoms with van der Waals surface area (Å²) in [6.07, 6.45) is 5.52. The Morgan fingerprint density at radius 3 is 2.44 bits per heavy atom. The first-order valence-corrected chi connectivity index (χ1v) is 10.5. The average molecular weight is 391 g/mol. The second kappa shape index (κ2) is 7.91. The maximum absolute atomic E-state index is 12.5. The number of rotatable bonds is 5. The molecule has 27 heavy (non-hydrogen) atoms. The molecule has 1 fully saturated rings. The molecule has 1 aromatic heterocycles. The lowest BCUT2D eigenvalue weighted by Crippen LogP contribution is -2.45. The Kier molecular flexibility index (Phi) is 5.59. The van der Waals surface area contributed by atoms with Gasteiger partial charge in [0.2, 0.25) is 0 Å². The Bertz CT molecular complexity index is 924. The molecule has 1 aliphatic carbocycles. The summed E-state index contributed by atoms with van der Waals surface area (Å²) in [6.45, 7) is 0. The number of sulfone groups is 1. The molecule has 1 heterocycles. The molecule has 8 nitrogen and oxygen atoms in total. The molecule has 1 aromatic carbocycles. The summed E-state index contributed by atoms with van der Waals surface area (Å²) in [6, 6.07) is 7.28. The van der Waals surface area contributed by atoms with Gasteiger partial charge in [-0.05, 0) is 43.9 Å². The average Bonchev–Trinajstić information content (AvgIpc) is 3.16. The second-order valence-corrected chi connectivity index (χ2v) is 8.71. The summed E-state index contributed by atoms with van der Waals surface area (Å²) in [7, 11) is -3.38. The number of carbonyl (C=O) groups excluding carboxylic acids is 2. The highest BCUT2D eigenvalue weighted by Gasteiger charge is 2.26. The van der Waals surface area contributed by atoms with Crippen LogP contribution in [-0.2, 0) is 9.84 Å². The minimum Gasteiger partial charge on any atom is -0.364 e. The van der Waals surface area contributed by atoms with Crippen molar-refractivity contribution in [1.82, 2.24) is 15.8 Å². The van der Waals surface area contributed by atoms with Gasteiger partial charge in [-0.1, -0.05) is 11.2 Å². The Morgan fingerprint density at radius 1 is 1.11 bits per heavy atom. The summed E-state index contributed by atoms with van der Waals surface area (Å²) in [5, 5.41) is 9.44. The van der Waals surface area contributed by atoms with Crippen LogP contribution in [-0.4, -0.2) is 43.7 Å². The Morgan fingerprint density at radius 2 is 1.81 bits per heavy atom. The molecule has 0 radical (unpaired) electrons. The first kappa shape index (κ1) is 19.1. The maximum atomic E-state index is 12.5. The van der Waals surface area contributed by atoms with Crippen LogP contribution >= 0.6 is 0 Å². The Hall–Kier alpha value is -2.68. The van der Waals surface area contributed by atoms with E-state index in [1.54, 1.807) is 12.1 Å². The summed E-state index contributed by atoms with van der Waals surface area (Å²) in [5.74, 6) is -0.629. The van der Waals surface area contributed by atoms with Crippen LogP contribution < -0.4 is 10.6 Å². The molecule has 1 aliphatic rings. The third-order valence-corrected chi connectivity index (χ3v) is 5.65. The van der Waals surface area contributed by atoms with Crippen molar-refractivity contribution in [2.75, 3.05) is 6.26 Å². The van der Waals surface area contributed by atoms with E-state index < -0.39 is 9.84 Å². The summed E-state index contributed by atoms with van der Waals surface area (Å²) in [4.78, 5) is 24.7. The van der Waals surface area contributed by atoms with Crippen LogP contribution in [0, 0.1) is 0 Å². The molecule has 3 rings (SSSR count). The van der Waals surface area contributed by atoms with Gasteiger partial charge in [-0.15, -0.1) is 0 Å². The molecule has 2 atom stereocenters. The zero-order chi connectivity index (χ0) is 19.4. The van der Waals surface area contributed by atoms with Gasteiger partial charge in [-0.2, -0.15) is 0 Å². The highest BCUT2D eigenvalue weighted by molar-refractivity contribution is 7.90. The van der Waals surface area contributed by atoms with E-state index in [0.29, 0.717) is 12.0 Å². The zero-order valence-electron chi connectivity index (χ0n) is 14.8. The molecule has 0 aliphatic heterocycles. The Balaban J connectivity index is 1.60. The molecule has 0 bridgehead atoms. The molecule has 2 amide bonds. The number of hydrogen-bond donors (Lipinski definition) is 2. The summed E-state index contributed by atoms with van der Waals surface area (Å²) < 4.78 is 28.0. The molecule has 144 valence electrons. The normalized spacial score (nSPS) is 20.0. The van der Waals surface area contributed by atoms with Crippen molar-refractivity contribution in [2.24, 2.45) is 0 Å². The van der Waals surface area contributed by atoms with Gasteiger partial charge in [0.15, 0.2) is 15.5 Å². The zero-order valence-corrected chi connectivity index (χ0v) is 15.7. The molecular weight excluding hydrogens is 370 g/mol. The van der Waals surface area contributed by atoms with Crippen LogP contribution in [0.5, 0.6) is 0 Å². The predicted molar refractivity (Wildman–Crippen MR) is 97.0 cm³/mol. The molecule has 0 saturated heterocycles. The molecule has 9 heteroatoms. The quantitative estimate of drug-likeness (QED) is 0.798. The largest absolute Gasteiger partial charge is 0.364 e. The maximum Gasteiger partial charge on any atom is 0.273 e. The number of nitrogens with zero attached hydrogens (tertiary/aromatic N) is 1. The number of hydrogen-bond acceptors (Lipinski definition) is 6.